The van der Waals surface area contributed by atoms with Crippen LogP contribution >= 0.6 is 0 Å². The lowest BCUT2D eigenvalue weighted by atomic mass is 9.94. The lowest BCUT2D eigenvalue weighted by molar-refractivity contribution is -0.149. The number of carbonyl (C=O) groups is 4. The number of benzene rings is 2. The molecule has 13 nitrogen and oxygen atoms in total. The van der Waals surface area contributed by atoms with E-state index in [1.807, 2.05) is 127 Å². The van der Waals surface area contributed by atoms with Crippen molar-refractivity contribution in [2.24, 2.45) is 0 Å². The molecule has 4 N–H and O–H groups in total. The van der Waals surface area contributed by atoms with Crippen LogP contribution in [0.5, 0.6) is 0 Å². The SMILES string of the molecule is CC(C)(C)NC(=O)N1Cc2ccccc2CC1C(=O)O.CC(C)(C)NC(=O)N1Cc2ccccc2CC1C(=O)OCCCc1cccnc1.OCCCc1cccnc1. The maximum atomic E-state index is 12.9. The van der Waals surface area contributed by atoms with Crippen LogP contribution in [0.15, 0.2) is 97.6 Å². The number of esters is 1. The number of ether oxygens (including phenoxy) is 1. The third kappa shape index (κ3) is 15.1. The van der Waals surface area contributed by atoms with Gasteiger partial charge in [0.25, 0.3) is 0 Å². The average Bonchev–Trinajstić information content (AvgIpc) is 3.20. The number of rotatable bonds is 9. The molecule has 2 aromatic heterocycles. The Bertz CT molecular complexity index is 1960. The van der Waals surface area contributed by atoms with E-state index in [1.165, 1.54) is 10.5 Å². The highest BCUT2D eigenvalue weighted by Crippen LogP contribution is 2.26. The first-order valence-electron chi connectivity index (χ1n) is 20.1. The number of aromatic nitrogens is 2. The Labute approximate surface area is 348 Å². The summed E-state index contributed by atoms with van der Waals surface area (Å²) in [7, 11) is 0. The molecule has 0 saturated carbocycles. The van der Waals surface area contributed by atoms with Crippen molar-refractivity contribution in [2.45, 2.75) is 116 Å². The van der Waals surface area contributed by atoms with Gasteiger partial charge in [0.15, 0.2) is 0 Å². The fourth-order valence-electron chi connectivity index (χ4n) is 6.61. The molecule has 2 aromatic carbocycles. The zero-order chi connectivity index (χ0) is 43.0. The van der Waals surface area contributed by atoms with Gasteiger partial charge in [-0.2, -0.15) is 0 Å². The minimum atomic E-state index is -0.969. The van der Waals surface area contributed by atoms with Crippen LogP contribution in [0, 0.1) is 0 Å². The van der Waals surface area contributed by atoms with Crippen molar-refractivity contribution in [3.05, 3.63) is 131 Å². The van der Waals surface area contributed by atoms with Gasteiger partial charge < -0.3 is 35.4 Å². The van der Waals surface area contributed by atoms with Crippen LogP contribution in [0.4, 0.5) is 9.59 Å². The predicted molar refractivity (Wildman–Crippen MR) is 226 cm³/mol. The van der Waals surface area contributed by atoms with Gasteiger partial charge >= 0.3 is 24.0 Å². The minimum absolute atomic E-state index is 0.246. The van der Waals surface area contributed by atoms with Gasteiger partial charge in [-0.05, 0) is 113 Å². The monoisotopic (exact) mass is 808 g/mol. The van der Waals surface area contributed by atoms with Gasteiger partial charge in [-0.25, -0.2) is 19.2 Å². The summed E-state index contributed by atoms with van der Waals surface area (Å²) in [6.07, 6.45) is 11.2. The lowest BCUT2D eigenvalue weighted by Gasteiger charge is -2.37. The number of fused-ring (bicyclic) bond motifs is 2. The summed E-state index contributed by atoms with van der Waals surface area (Å²) in [5.41, 5.74) is 5.69. The highest BCUT2D eigenvalue weighted by Gasteiger charge is 2.37. The maximum absolute atomic E-state index is 12.9. The Kier molecular flexibility index (Phi) is 17.0. The molecule has 4 aromatic rings. The van der Waals surface area contributed by atoms with Crippen molar-refractivity contribution in [2.75, 3.05) is 13.2 Å². The Morgan fingerprint density at radius 1 is 0.661 bits per heavy atom. The van der Waals surface area contributed by atoms with Crippen molar-refractivity contribution in [1.29, 1.82) is 0 Å². The molecular formula is C46H60N6O7. The summed E-state index contributed by atoms with van der Waals surface area (Å²) in [6.45, 7) is 12.7. The van der Waals surface area contributed by atoms with Crippen molar-refractivity contribution in [3.8, 4) is 0 Å². The number of amides is 4. The Morgan fingerprint density at radius 2 is 1.10 bits per heavy atom. The first-order chi connectivity index (χ1) is 28.0. The molecule has 0 saturated heterocycles. The minimum Gasteiger partial charge on any atom is -0.480 e. The number of carbonyl (C=O) groups excluding carboxylic acids is 3. The summed E-state index contributed by atoms with van der Waals surface area (Å²) in [4.78, 5) is 60.5. The number of aryl methyl sites for hydroxylation is 2. The van der Waals surface area contributed by atoms with Gasteiger partial charge in [0.05, 0.1) is 6.61 Å². The maximum Gasteiger partial charge on any atom is 0.329 e. The zero-order valence-electron chi connectivity index (χ0n) is 35.2. The number of aliphatic hydroxyl groups excluding tert-OH is 1. The molecule has 59 heavy (non-hydrogen) atoms. The van der Waals surface area contributed by atoms with Gasteiger partial charge in [-0.1, -0.05) is 60.7 Å². The van der Waals surface area contributed by atoms with E-state index < -0.39 is 23.6 Å². The Balaban J connectivity index is 0.000000220. The summed E-state index contributed by atoms with van der Waals surface area (Å²) in [6, 6.07) is 21.4. The number of urea groups is 2. The van der Waals surface area contributed by atoms with E-state index in [4.69, 9.17) is 9.84 Å². The van der Waals surface area contributed by atoms with Crippen LogP contribution in [0.2, 0.25) is 0 Å². The summed E-state index contributed by atoms with van der Waals surface area (Å²) < 4.78 is 5.55. The second-order valence-corrected chi connectivity index (χ2v) is 16.8. The number of nitrogens with zero attached hydrogens (tertiary/aromatic N) is 4. The second kappa shape index (κ2) is 21.8. The van der Waals surface area contributed by atoms with E-state index in [2.05, 4.69) is 20.6 Å². The smallest absolute Gasteiger partial charge is 0.329 e. The molecule has 0 bridgehead atoms. The van der Waals surface area contributed by atoms with Crippen LogP contribution in [-0.4, -0.2) is 90.4 Å². The standard InChI is InChI=1S/C23H29N3O3.C15H20N2O3.C8H11NO/c1-23(2,3)25-22(28)26-16-19-11-5-4-10-18(19)14-20(26)21(27)29-13-7-9-17-8-6-12-24-15-17;1-15(2,3)16-14(20)17-9-11-7-5-4-6-10(11)8-12(17)13(18)19;10-6-2-4-8-3-1-5-9-7-8/h4-6,8,10-12,15,20H,7,9,13-14,16H2,1-3H3,(H,25,28);4-7,12H,8-9H2,1-3H3,(H,16,20)(H,18,19);1,3,5,7,10H,2,4,6H2. The van der Waals surface area contributed by atoms with Gasteiger partial charge in [0.2, 0.25) is 0 Å². The van der Waals surface area contributed by atoms with Gasteiger partial charge in [-0.15, -0.1) is 0 Å². The molecule has 316 valence electrons. The molecule has 0 aliphatic carbocycles. The van der Waals surface area contributed by atoms with E-state index in [1.54, 1.807) is 17.3 Å². The van der Waals surface area contributed by atoms with Crippen LogP contribution in [0.25, 0.3) is 0 Å². The third-order valence-electron chi connectivity index (χ3n) is 9.46. The molecule has 4 heterocycles. The highest BCUT2D eigenvalue weighted by molar-refractivity contribution is 5.85. The van der Waals surface area contributed by atoms with Crippen LogP contribution in [0.3, 0.4) is 0 Å². The van der Waals surface area contributed by atoms with E-state index in [0.717, 1.165) is 53.5 Å². The topological polar surface area (TPSA) is 174 Å². The highest BCUT2D eigenvalue weighted by atomic mass is 16.5. The van der Waals surface area contributed by atoms with Crippen LogP contribution in [-0.2, 0) is 53.1 Å². The quantitative estimate of drug-likeness (QED) is 0.109. The Morgan fingerprint density at radius 3 is 1.53 bits per heavy atom. The number of aliphatic carboxylic acids is 1. The van der Waals surface area contributed by atoms with Gasteiger partial charge in [0, 0.05) is 68.4 Å². The number of carboxylic acid groups (broad SMARTS) is 1. The number of carboxylic acids is 1. The molecule has 2 unspecified atom stereocenters. The first-order valence-corrected chi connectivity index (χ1v) is 20.1. The fourth-order valence-corrected chi connectivity index (χ4v) is 6.61. The van der Waals surface area contributed by atoms with Crippen molar-refractivity contribution < 1.29 is 34.1 Å². The molecule has 6 rings (SSSR count). The molecule has 4 amide bonds. The lowest BCUT2D eigenvalue weighted by Crippen LogP contribution is -2.56. The fraction of sp³-hybridized carbons (Fsp3) is 0.435. The normalized spacial score (nSPS) is 15.8. The number of aliphatic hydroxyl groups is 1. The molecular weight excluding hydrogens is 749 g/mol. The third-order valence-corrected chi connectivity index (χ3v) is 9.46. The summed E-state index contributed by atoms with van der Waals surface area (Å²) >= 11 is 0. The van der Waals surface area contributed by atoms with Crippen molar-refractivity contribution in [3.63, 3.8) is 0 Å². The second-order valence-electron chi connectivity index (χ2n) is 16.8. The molecule has 2 aliphatic heterocycles. The Hall–Kier alpha value is -5.82. The van der Waals surface area contributed by atoms with E-state index in [9.17, 15) is 24.3 Å². The zero-order valence-corrected chi connectivity index (χ0v) is 35.2. The van der Waals surface area contributed by atoms with Crippen LogP contribution < -0.4 is 10.6 Å². The molecule has 0 radical (unpaired) electrons. The van der Waals surface area contributed by atoms with E-state index >= 15 is 0 Å². The average molecular weight is 809 g/mol. The van der Waals surface area contributed by atoms with Crippen molar-refractivity contribution in [1.82, 2.24) is 30.4 Å². The number of nitrogens with one attached hydrogen (secondary N) is 2. The molecule has 0 fully saturated rings. The summed E-state index contributed by atoms with van der Waals surface area (Å²) in [5, 5.41) is 23.7. The number of hydrogen-bond acceptors (Lipinski definition) is 8. The van der Waals surface area contributed by atoms with Crippen LogP contribution in [0.1, 0.15) is 87.8 Å². The van der Waals surface area contributed by atoms with E-state index in [0.29, 0.717) is 32.5 Å². The van der Waals surface area contributed by atoms with Crippen molar-refractivity contribution >= 4 is 24.0 Å². The van der Waals surface area contributed by atoms with Gasteiger partial charge in [0.1, 0.15) is 12.1 Å². The van der Waals surface area contributed by atoms with E-state index in [-0.39, 0.29) is 30.2 Å². The molecule has 2 atom stereocenters. The van der Waals surface area contributed by atoms with Gasteiger partial charge in [-0.3, -0.25) is 9.97 Å². The molecule has 2 aliphatic rings. The number of pyridine rings is 2. The predicted octanol–water partition coefficient (Wildman–Crippen LogP) is 6.50. The first kappa shape index (κ1) is 45.9. The molecule has 13 heteroatoms. The summed E-state index contributed by atoms with van der Waals surface area (Å²) in [5.74, 6) is -1.32. The number of hydrogen-bond donors (Lipinski definition) is 4. The molecule has 0 spiro atoms. The largest absolute Gasteiger partial charge is 0.480 e.